The van der Waals surface area contributed by atoms with Crippen molar-refractivity contribution in [3.05, 3.63) is 34.9 Å². The van der Waals surface area contributed by atoms with Crippen molar-refractivity contribution in [1.82, 2.24) is 15.1 Å². The van der Waals surface area contributed by atoms with Crippen LogP contribution in [0.25, 0.3) is 0 Å². The third kappa shape index (κ3) is 6.61. The molecule has 1 aromatic rings. The summed E-state index contributed by atoms with van der Waals surface area (Å²) in [5, 5.41) is 3.42. The Labute approximate surface area is 178 Å². The number of urea groups is 1. The zero-order valence-corrected chi connectivity index (χ0v) is 17.8. The third-order valence-electron chi connectivity index (χ3n) is 5.71. The predicted octanol–water partition coefficient (Wildman–Crippen LogP) is 3.94. The van der Waals surface area contributed by atoms with Crippen LogP contribution in [0.15, 0.2) is 24.3 Å². The second-order valence-corrected chi connectivity index (χ2v) is 8.24. The van der Waals surface area contributed by atoms with Gasteiger partial charge in [-0.05, 0) is 31.4 Å². The quantitative estimate of drug-likeness (QED) is 0.578. The number of carbonyl (C=O) groups is 2. The molecule has 0 bridgehead atoms. The van der Waals surface area contributed by atoms with Crippen LogP contribution < -0.4 is 5.32 Å². The smallest absolute Gasteiger partial charge is 0.317 e. The number of carbonyl (C=O) groups excluding carboxylic acids is 2. The summed E-state index contributed by atoms with van der Waals surface area (Å²) in [5.41, 5.74) is 0.516. The highest BCUT2D eigenvalue weighted by atomic mass is 35.5. The fraction of sp³-hybridized carbons (Fsp3) is 0.636. The molecule has 1 N–H and O–H groups in total. The molecular weight excluding hydrogens is 390 g/mol. The maximum atomic E-state index is 12.7. The Hall–Kier alpha value is -1.79. The van der Waals surface area contributed by atoms with E-state index >= 15 is 0 Å². The molecule has 160 valence electrons. The van der Waals surface area contributed by atoms with E-state index in [9.17, 15) is 9.59 Å². The lowest BCUT2D eigenvalue weighted by Gasteiger charge is -2.23. The predicted molar refractivity (Wildman–Crippen MR) is 114 cm³/mol. The Bertz CT molecular complexity index is 677. The van der Waals surface area contributed by atoms with Crippen molar-refractivity contribution in [3.63, 3.8) is 0 Å². The van der Waals surface area contributed by atoms with E-state index in [0.29, 0.717) is 56.0 Å². The normalized spacial score (nSPS) is 18.8. The maximum Gasteiger partial charge on any atom is 0.317 e. The van der Waals surface area contributed by atoms with Gasteiger partial charge in [0.25, 0.3) is 5.91 Å². The van der Waals surface area contributed by atoms with Crippen molar-refractivity contribution in [3.8, 4) is 0 Å². The molecule has 1 saturated carbocycles. The van der Waals surface area contributed by atoms with Crippen LogP contribution in [0.5, 0.6) is 0 Å². The molecule has 0 radical (unpaired) electrons. The summed E-state index contributed by atoms with van der Waals surface area (Å²) >= 11 is 6.16. The van der Waals surface area contributed by atoms with Gasteiger partial charge in [-0.3, -0.25) is 4.79 Å². The van der Waals surface area contributed by atoms with E-state index in [2.05, 4.69) is 5.32 Å². The van der Waals surface area contributed by atoms with E-state index in [1.54, 1.807) is 21.9 Å². The first kappa shape index (κ1) is 21.9. The van der Waals surface area contributed by atoms with Crippen molar-refractivity contribution in [2.75, 3.05) is 39.3 Å². The minimum Gasteiger partial charge on any atom is -0.376 e. The van der Waals surface area contributed by atoms with Gasteiger partial charge in [-0.25, -0.2) is 4.79 Å². The number of nitrogens with one attached hydrogen (secondary N) is 1. The summed E-state index contributed by atoms with van der Waals surface area (Å²) in [4.78, 5) is 28.8. The molecule has 3 amide bonds. The number of hydrogen-bond acceptors (Lipinski definition) is 3. The van der Waals surface area contributed by atoms with Gasteiger partial charge in [-0.15, -0.1) is 0 Å². The van der Waals surface area contributed by atoms with Crippen LogP contribution >= 0.6 is 11.6 Å². The summed E-state index contributed by atoms with van der Waals surface area (Å²) < 4.78 is 5.94. The number of nitrogens with zero attached hydrogens (tertiary/aromatic N) is 2. The molecule has 0 unspecified atom stereocenters. The van der Waals surface area contributed by atoms with Gasteiger partial charge in [0.15, 0.2) is 0 Å². The van der Waals surface area contributed by atoms with E-state index in [4.69, 9.17) is 16.3 Å². The van der Waals surface area contributed by atoms with Gasteiger partial charge in [0, 0.05) is 32.7 Å². The zero-order valence-electron chi connectivity index (χ0n) is 17.1. The van der Waals surface area contributed by atoms with Gasteiger partial charge in [-0.2, -0.15) is 0 Å². The first-order valence-corrected chi connectivity index (χ1v) is 11.2. The van der Waals surface area contributed by atoms with Crippen LogP contribution in [-0.4, -0.2) is 67.2 Å². The van der Waals surface area contributed by atoms with Crippen LogP contribution in [0, 0.1) is 0 Å². The minimum atomic E-state index is -0.0819. The SMILES string of the molecule is O=C(NCCOC1CCCCCC1)N1CCCN(C(=O)c2ccccc2Cl)CC1. The van der Waals surface area contributed by atoms with Gasteiger partial charge in [0.1, 0.15) is 0 Å². The van der Waals surface area contributed by atoms with Crippen molar-refractivity contribution in [2.24, 2.45) is 0 Å². The van der Waals surface area contributed by atoms with Gasteiger partial charge in [-0.1, -0.05) is 49.4 Å². The van der Waals surface area contributed by atoms with E-state index in [1.807, 2.05) is 12.1 Å². The highest BCUT2D eigenvalue weighted by Crippen LogP contribution is 2.20. The van der Waals surface area contributed by atoms with Crippen molar-refractivity contribution in [2.45, 2.75) is 51.0 Å². The fourth-order valence-corrected chi connectivity index (χ4v) is 4.25. The number of halogens is 1. The molecule has 7 heteroatoms. The monoisotopic (exact) mass is 421 g/mol. The topological polar surface area (TPSA) is 61.9 Å². The molecule has 1 aromatic carbocycles. The molecule has 3 rings (SSSR count). The number of benzene rings is 1. The first-order valence-electron chi connectivity index (χ1n) is 10.8. The maximum absolute atomic E-state index is 12.7. The lowest BCUT2D eigenvalue weighted by atomic mass is 10.1. The van der Waals surface area contributed by atoms with Crippen LogP contribution in [0.4, 0.5) is 4.79 Å². The standard InChI is InChI=1S/C22H32ClN3O3/c23-20-11-6-5-10-19(20)21(27)25-13-7-14-26(16-15-25)22(28)24-12-17-29-18-8-3-1-2-4-9-18/h5-6,10-11,18H,1-4,7-9,12-17H2,(H,24,28). The lowest BCUT2D eigenvalue weighted by Crippen LogP contribution is -2.43. The van der Waals surface area contributed by atoms with Crippen molar-refractivity contribution in [1.29, 1.82) is 0 Å². The average molecular weight is 422 g/mol. The Morgan fingerprint density at radius 1 is 0.966 bits per heavy atom. The van der Waals surface area contributed by atoms with Crippen LogP contribution in [0.3, 0.4) is 0 Å². The Morgan fingerprint density at radius 2 is 1.66 bits per heavy atom. The summed E-state index contributed by atoms with van der Waals surface area (Å²) in [6.45, 7) is 3.37. The molecule has 0 atom stereocenters. The second kappa shape index (κ2) is 11.4. The Balaban J connectivity index is 1.40. The molecule has 1 saturated heterocycles. The first-order chi connectivity index (χ1) is 14.1. The van der Waals surface area contributed by atoms with Crippen LogP contribution in [0.1, 0.15) is 55.3 Å². The van der Waals surface area contributed by atoms with Crippen LogP contribution in [-0.2, 0) is 4.74 Å². The van der Waals surface area contributed by atoms with Crippen LogP contribution in [0.2, 0.25) is 5.02 Å². The molecule has 2 fully saturated rings. The molecule has 1 aliphatic carbocycles. The summed E-state index contributed by atoms with van der Waals surface area (Å²) in [6, 6.07) is 7.01. The van der Waals surface area contributed by atoms with Crippen molar-refractivity contribution < 1.29 is 14.3 Å². The minimum absolute atomic E-state index is 0.0744. The Morgan fingerprint density at radius 3 is 2.41 bits per heavy atom. The molecular formula is C22H32ClN3O3. The number of hydrogen-bond donors (Lipinski definition) is 1. The largest absolute Gasteiger partial charge is 0.376 e. The second-order valence-electron chi connectivity index (χ2n) is 7.83. The van der Waals surface area contributed by atoms with Gasteiger partial charge in [0.05, 0.1) is 23.3 Å². The highest BCUT2D eigenvalue weighted by molar-refractivity contribution is 6.33. The fourth-order valence-electron chi connectivity index (χ4n) is 4.03. The molecule has 0 spiro atoms. The molecule has 2 aliphatic rings. The zero-order chi connectivity index (χ0) is 20.5. The van der Waals surface area contributed by atoms with E-state index < -0.39 is 0 Å². The summed E-state index contributed by atoms with van der Waals surface area (Å²) in [6.07, 6.45) is 8.47. The number of ether oxygens (including phenoxy) is 1. The van der Waals surface area contributed by atoms with Crippen molar-refractivity contribution >= 4 is 23.5 Å². The molecule has 1 aliphatic heterocycles. The summed E-state index contributed by atoms with van der Waals surface area (Å²) in [7, 11) is 0. The third-order valence-corrected chi connectivity index (χ3v) is 6.04. The summed E-state index contributed by atoms with van der Waals surface area (Å²) in [5.74, 6) is -0.0744. The molecule has 0 aromatic heterocycles. The molecule has 29 heavy (non-hydrogen) atoms. The Kier molecular flexibility index (Phi) is 8.62. The number of rotatable bonds is 5. The van der Waals surface area contributed by atoms with E-state index in [-0.39, 0.29) is 11.9 Å². The number of amides is 3. The average Bonchev–Trinajstić information content (AvgIpc) is 3.14. The van der Waals surface area contributed by atoms with E-state index in [1.165, 1.54) is 25.7 Å². The lowest BCUT2D eigenvalue weighted by molar-refractivity contribution is 0.0455. The van der Waals surface area contributed by atoms with Gasteiger partial charge in [0.2, 0.25) is 0 Å². The molecule has 6 nitrogen and oxygen atoms in total. The highest BCUT2D eigenvalue weighted by Gasteiger charge is 2.23. The van der Waals surface area contributed by atoms with E-state index in [0.717, 1.165) is 19.3 Å². The van der Waals surface area contributed by atoms with Gasteiger partial charge >= 0.3 is 6.03 Å². The van der Waals surface area contributed by atoms with Gasteiger partial charge < -0.3 is 19.9 Å². The molecule has 1 heterocycles.